The molecule has 0 N–H and O–H groups in total. The average Bonchev–Trinajstić information content (AvgIpc) is 2.69. The third-order valence-electron chi connectivity index (χ3n) is 5.13. The fourth-order valence-corrected chi connectivity index (χ4v) is 3.45. The summed E-state index contributed by atoms with van der Waals surface area (Å²) in [6.45, 7) is 8.65. The van der Waals surface area contributed by atoms with Crippen molar-refractivity contribution in [1.29, 1.82) is 0 Å². The molecule has 144 valence electrons. The zero-order valence-corrected chi connectivity index (χ0v) is 16.5. The number of anilines is 1. The first-order valence-electron chi connectivity index (χ1n) is 9.47. The summed E-state index contributed by atoms with van der Waals surface area (Å²) < 4.78 is 1.58. The van der Waals surface area contributed by atoms with Gasteiger partial charge in [0.05, 0.1) is 0 Å². The molecule has 1 fully saturated rings. The van der Waals surface area contributed by atoms with Crippen LogP contribution in [0.5, 0.6) is 0 Å². The van der Waals surface area contributed by atoms with E-state index in [4.69, 9.17) is 0 Å². The van der Waals surface area contributed by atoms with E-state index in [1.165, 1.54) is 0 Å². The number of aryl methyl sites for hydroxylation is 1. The molecule has 1 aliphatic heterocycles. The first kappa shape index (κ1) is 19.1. The lowest BCUT2D eigenvalue weighted by Crippen LogP contribution is -2.50. The number of carbonyl (C=O) groups is 1. The highest BCUT2D eigenvalue weighted by Crippen LogP contribution is 2.16. The summed E-state index contributed by atoms with van der Waals surface area (Å²) in [5, 5.41) is 0. The quantitative estimate of drug-likeness (QED) is 0.822. The summed E-state index contributed by atoms with van der Waals surface area (Å²) in [4.78, 5) is 38.0. The summed E-state index contributed by atoms with van der Waals surface area (Å²) in [7, 11) is 1.73. The van der Waals surface area contributed by atoms with Crippen LogP contribution in [0.25, 0.3) is 0 Å². The molecule has 0 spiro atoms. The van der Waals surface area contributed by atoms with Crippen LogP contribution in [0.15, 0.2) is 29.3 Å². The number of amides is 1. The zero-order chi connectivity index (χ0) is 19.6. The predicted molar refractivity (Wildman–Crippen MR) is 105 cm³/mol. The molecule has 0 bridgehead atoms. The summed E-state index contributed by atoms with van der Waals surface area (Å²) in [5.41, 5.74) is 1.95. The normalized spacial score (nSPS) is 14.7. The Labute approximate surface area is 159 Å². The number of rotatable bonds is 4. The molecule has 0 saturated carbocycles. The number of aromatic nitrogens is 3. The van der Waals surface area contributed by atoms with Gasteiger partial charge in [0.2, 0.25) is 0 Å². The maximum atomic E-state index is 12.9. The molecule has 27 heavy (non-hydrogen) atoms. The highest BCUT2D eigenvalue weighted by molar-refractivity contribution is 5.94. The van der Waals surface area contributed by atoms with Gasteiger partial charge in [-0.3, -0.25) is 9.59 Å². The standard InChI is InChI=1S/C20H27N5O2/c1-5-15-12-18(22-13-21-15)24-8-10-25(11-9-24)20(27)16-6-7-17(14(2)3)23(4)19(16)26/h6-7,12-14H,5,8-11H2,1-4H3. The Morgan fingerprint density at radius 2 is 1.85 bits per heavy atom. The van der Waals surface area contributed by atoms with Gasteiger partial charge in [-0.1, -0.05) is 20.8 Å². The summed E-state index contributed by atoms with van der Waals surface area (Å²) in [6.07, 6.45) is 2.45. The van der Waals surface area contributed by atoms with Crippen molar-refractivity contribution in [3.8, 4) is 0 Å². The van der Waals surface area contributed by atoms with Crippen molar-refractivity contribution in [1.82, 2.24) is 19.4 Å². The van der Waals surface area contributed by atoms with Gasteiger partial charge in [-0.2, -0.15) is 0 Å². The average molecular weight is 369 g/mol. The molecule has 0 radical (unpaired) electrons. The van der Waals surface area contributed by atoms with Gasteiger partial charge >= 0.3 is 0 Å². The Balaban J connectivity index is 1.72. The van der Waals surface area contributed by atoms with Crippen LogP contribution in [0.1, 0.15) is 48.4 Å². The Morgan fingerprint density at radius 3 is 2.48 bits per heavy atom. The van der Waals surface area contributed by atoms with E-state index in [0.29, 0.717) is 26.2 Å². The van der Waals surface area contributed by atoms with Crippen molar-refractivity contribution in [3.05, 3.63) is 51.8 Å². The number of hydrogen-bond acceptors (Lipinski definition) is 5. The first-order valence-corrected chi connectivity index (χ1v) is 9.47. The van der Waals surface area contributed by atoms with Crippen molar-refractivity contribution in [3.63, 3.8) is 0 Å². The van der Waals surface area contributed by atoms with Crippen LogP contribution in [0.3, 0.4) is 0 Å². The molecular formula is C20H27N5O2. The van der Waals surface area contributed by atoms with Gasteiger partial charge < -0.3 is 14.4 Å². The zero-order valence-electron chi connectivity index (χ0n) is 16.5. The third-order valence-corrected chi connectivity index (χ3v) is 5.13. The first-order chi connectivity index (χ1) is 12.9. The van der Waals surface area contributed by atoms with E-state index in [9.17, 15) is 9.59 Å². The number of pyridine rings is 1. The van der Waals surface area contributed by atoms with Gasteiger partial charge in [0.15, 0.2) is 0 Å². The largest absolute Gasteiger partial charge is 0.353 e. The van der Waals surface area contributed by atoms with Crippen LogP contribution in [0, 0.1) is 0 Å². The van der Waals surface area contributed by atoms with Crippen LogP contribution in [-0.4, -0.2) is 51.5 Å². The molecule has 7 heteroatoms. The van der Waals surface area contributed by atoms with Gasteiger partial charge in [-0.25, -0.2) is 9.97 Å². The second-order valence-electron chi connectivity index (χ2n) is 7.19. The molecule has 0 unspecified atom stereocenters. The second-order valence-corrected chi connectivity index (χ2v) is 7.19. The Morgan fingerprint density at radius 1 is 1.15 bits per heavy atom. The van der Waals surface area contributed by atoms with E-state index in [0.717, 1.165) is 23.6 Å². The number of piperazine rings is 1. The minimum atomic E-state index is -0.225. The van der Waals surface area contributed by atoms with E-state index < -0.39 is 0 Å². The molecule has 2 aromatic heterocycles. The number of nitrogens with zero attached hydrogens (tertiary/aromatic N) is 5. The van der Waals surface area contributed by atoms with Crippen LogP contribution >= 0.6 is 0 Å². The monoisotopic (exact) mass is 369 g/mol. The molecule has 0 aromatic carbocycles. The van der Waals surface area contributed by atoms with Crippen LogP contribution in [0.2, 0.25) is 0 Å². The molecule has 7 nitrogen and oxygen atoms in total. The Kier molecular flexibility index (Phi) is 5.58. The maximum absolute atomic E-state index is 12.9. The molecule has 0 aliphatic carbocycles. The highest BCUT2D eigenvalue weighted by Gasteiger charge is 2.25. The molecular weight excluding hydrogens is 342 g/mol. The van der Waals surface area contributed by atoms with Gasteiger partial charge in [0, 0.05) is 50.7 Å². The number of carbonyl (C=O) groups excluding carboxylic acids is 1. The molecule has 3 heterocycles. The van der Waals surface area contributed by atoms with Gasteiger partial charge in [-0.05, 0) is 24.5 Å². The van der Waals surface area contributed by atoms with Crippen molar-refractivity contribution < 1.29 is 4.79 Å². The predicted octanol–water partition coefficient (Wildman–Crippen LogP) is 1.82. The van der Waals surface area contributed by atoms with Crippen molar-refractivity contribution in [2.45, 2.75) is 33.1 Å². The topological polar surface area (TPSA) is 71.3 Å². The van der Waals surface area contributed by atoms with E-state index in [2.05, 4.69) is 21.8 Å². The maximum Gasteiger partial charge on any atom is 0.263 e. The van der Waals surface area contributed by atoms with Crippen LogP contribution < -0.4 is 10.5 Å². The SMILES string of the molecule is CCc1cc(N2CCN(C(=O)c3ccc(C(C)C)n(C)c3=O)CC2)ncn1. The van der Waals surface area contributed by atoms with E-state index in [1.807, 2.05) is 26.0 Å². The molecule has 1 amide bonds. The van der Waals surface area contributed by atoms with E-state index in [1.54, 1.807) is 28.9 Å². The second kappa shape index (κ2) is 7.90. The van der Waals surface area contributed by atoms with Crippen molar-refractivity contribution in [2.75, 3.05) is 31.1 Å². The Hall–Kier alpha value is -2.70. The summed E-state index contributed by atoms with van der Waals surface area (Å²) >= 11 is 0. The van der Waals surface area contributed by atoms with Crippen LogP contribution in [0.4, 0.5) is 5.82 Å². The third kappa shape index (κ3) is 3.86. The fourth-order valence-electron chi connectivity index (χ4n) is 3.45. The molecule has 2 aromatic rings. The molecule has 0 atom stereocenters. The van der Waals surface area contributed by atoms with Crippen LogP contribution in [-0.2, 0) is 13.5 Å². The van der Waals surface area contributed by atoms with Gasteiger partial charge in [0.25, 0.3) is 11.5 Å². The minimum Gasteiger partial charge on any atom is -0.353 e. The van der Waals surface area contributed by atoms with Crippen molar-refractivity contribution >= 4 is 11.7 Å². The summed E-state index contributed by atoms with van der Waals surface area (Å²) in [6, 6.07) is 5.55. The van der Waals surface area contributed by atoms with Crippen molar-refractivity contribution in [2.24, 2.45) is 7.05 Å². The van der Waals surface area contributed by atoms with Gasteiger partial charge in [0.1, 0.15) is 17.7 Å². The lowest BCUT2D eigenvalue weighted by atomic mass is 10.1. The smallest absolute Gasteiger partial charge is 0.263 e. The molecule has 3 rings (SSSR count). The Bertz CT molecular complexity index is 882. The fraction of sp³-hybridized carbons (Fsp3) is 0.500. The lowest BCUT2D eigenvalue weighted by Gasteiger charge is -2.35. The van der Waals surface area contributed by atoms with Gasteiger partial charge in [-0.15, -0.1) is 0 Å². The lowest BCUT2D eigenvalue weighted by molar-refractivity contribution is 0.0744. The summed E-state index contributed by atoms with van der Waals surface area (Å²) in [5.74, 6) is 0.935. The highest BCUT2D eigenvalue weighted by atomic mass is 16.2. The number of hydrogen-bond donors (Lipinski definition) is 0. The van der Waals surface area contributed by atoms with E-state index >= 15 is 0 Å². The molecule has 1 saturated heterocycles. The minimum absolute atomic E-state index is 0.192. The van der Waals surface area contributed by atoms with E-state index in [-0.39, 0.29) is 22.9 Å². The molecule has 1 aliphatic rings.